The van der Waals surface area contributed by atoms with Gasteiger partial charge in [0.05, 0.1) is 17.9 Å². The molecule has 0 aliphatic carbocycles. The number of nitrogens with zero attached hydrogens (tertiary/aromatic N) is 2. The van der Waals surface area contributed by atoms with Crippen LogP contribution >= 0.6 is 0 Å². The first-order valence-corrected chi connectivity index (χ1v) is 7.94. The van der Waals surface area contributed by atoms with E-state index in [9.17, 15) is 9.59 Å². The van der Waals surface area contributed by atoms with Crippen LogP contribution < -0.4 is 5.32 Å². The maximum atomic E-state index is 12.4. The van der Waals surface area contributed by atoms with Crippen molar-refractivity contribution >= 4 is 11.9 Å². The van der Waals surface area contributed by atoms with E-state index in [0.29, 0.717) is 17.7 Å². The van der Waals surface area contributed by atoms with Crippen molar-refractivity contribution in [2.45, 2.75) is 26.3 Å². The minimum absolute atomic E-state index is 0.152. The summed E-state index contributed by atoms with van der Waals surface area (Å²) in [6.07, 6.45) is 0.320. The molecule has 1 aromatic heterocycles. The minimum Gasteiger partial charge on any atom is -0.464 e. The van der Waals surface area contributed by atoms with Gasteiger partial charge >= 0.3 is 5.97 Å². The molecule has 0 fully saturated rings. The molecule has 2 rings (SSSR count). The van der Waals surface area contributed by atoms with Crippen LogP contribution in [-0.4, -0.2) is 29.5 Å². The van der Waals surface area contributed by atoms with Crippen LogP contribution in [-0.2, 0) is 16.0 Å². The lowest BCUT2D eigenvalue weighted by molar-refractivity contribution is -0.145. The Hall–Kier alpha value is -3.20. The van der Waals surface area contributed by atoms with Gasteiger partial charge in [-0.15, -0.1) is 0 Å². The van der Waals surface area contributed by atoms with E-state index in [1.165, 1.54) is 12.1 Å². The summed E-state index contributed by atoms with van der Waals surface area (Å²) < 4.78 is 5.06. The number of pyridine rings is 1. The summed E-state index contributed by atoms with van der Waals surface area (Å²) in [7, 11) is 0. The quantitative estimate of drug-likeness (QED) is 0.816. The molecule has 2 aromatic rings. The maximum Gasteiger partial charge on any atom is 0.328 e. The van der Waals surface area contributed by atoms with Gasteiger partial charge in [0.15, 0.2) is 0 Å². The lowest BCUT2D eigenvalue weighted by Gasteiger charge is -2.17. The number of rotatable bonds is 6. The third-order valence-corrected chi connectivity index (χ3v) is 3.60. The number of esters is 1. The van der Waals surface area contributed by atoms with E-state index in [2.05, 4.69) is 10.3 Å². The summed E-state index contributed by atoms with van der Waals surface area (Å²) in [6.45, 7) is 3.60. The predicted octanol–water partition coefficient (Wildman–Crippen LogP) is 2.17. The highest BCUT2D eigenvalue weighted by molar-refractivity contribution is 5.95. The number of ether oxygens (including phenoxy) is 1. The Balaban J connectivity index is 2.17. The van der Waals surface area contributed by atoms with Crippen LogP contribution in [0.5, 0.6) is 0 Å². The molecule has 0 saturated heterocycles. The molecule has 1 amide bonds. The Bertz CT molecular complexity index is 797. The fourth-order valence-corrected chi connectivity index (χ4v) is 2.32. The molecule has 0 spiro atoms. The standard InChI is InChI=1S/C19H19N3O3/c1-3-25-19(24)17(11-14-7-5-4-6-8-14)22-18(23)16-10-9-15(12-20)13(2)21-16/h4-10,17H,3,11H2,1-2H3,(H,22,23)/t17-/m0/s1. The van der Waals surface area contributed by atoms with Gasteiger partial charge in [-0.25, -0.2) is 9.78 Å². The zero-order chi connectivity index (χ0) is 18.2. The highest BCUT2D eigenvalue weighted by Gasteiger charge is 2.23. The van der Waals surface area contributed by atoms with E-state index >= 15 is 0 Å². The van der Waals surface area contributed by atoms with E-state index in [4.69, 9.17) is 10.00 Å². The molecule has 6 nitrogen and oxygen atoms in total. The molecule has 1 aromatic carbocycles. The van der Waals surface area contributed by atoms with Crippen molar-refractivity contribution in [3.05, 3.63) is 65.0 Å². The molecule has 0 radical (unpaired) electrons. The molecule has 1 atom stereocenters. The van der Waals surface area contributed by atoms with Crippen LogP contribution in [0.25, 0.3) is 0 Å². The van der Waals surface area contributed by atoms with E-state index < -0.39 is 17.9 Å². The Morgan fingerprint density at radius 3 is 2.56 bits per heavy atom. The summed E-state index contributed by atoms with van der Waals surface area (Å²) in [5.74, 6) is -0.980. The first-order valence-electron chi connectivity index (χ1n) is 7.94. The molecule has 128 valence electrons. The molecule has 0 aliphatic heterocycles. The summed E-state index contributed by atoms with van der Waals surface area (Å²) in [4.78, 5) is 28.7. The predicted molar refractivity (Wildman–Crippen MR) is 91.7 cm³/mol. The van der Waals surface area contributed by atoms with Gasteiger partial charge in [-0.1, -0.05) is 30.3 Å². The monoisotopic (exact) mass is 337 g/mol. The van der Waals surface area contributed by atoms with Crippen molar-refractivity contribution in [3.63, 3.8) is 0 Å². The van der Waals surface area contributed by atoms with Crippen molar-refractivity contribution in [1.82, 2.24) is 10.3 Å². The zero-order valence-corrected chi connectivity index (χ0v) is 14.2. The summed E-state index contributed by atoms with van der Waals surface area (Å²) in [5.41, 5.74) is 1.93. The van der Waals surface area contributed by atoms with E-state index in [1.807, 2.05) is 36.4 Å². The number of carbonyl (C=O) groups excluding carboxylic acids is 2. The molecular formula is C19H19N3O3. The Morgan fingerprint density at radius 2 is 1.96 bits per heavy atom. The summed E-state index contributed by atoms with van der Waals surface area (Å²) in [6, 6.07) is 13.6. The van der Waals surface area contributed by atoms with Gasteiger partial charge in [-0.2, -0.15) is 5.26 Å². The first kappa shape index (κ1) is 18.1. The highest BCUT2D eigenvalue weighted by atomic mass is 16.5. The fraction of sp³-hybridized carbons (Fsp3) is 0.263. The molecule has 1 N–H and O–H groups in total. The zero-order valence-electron chi connectivity index (χ0n) is 14.2. The normalized spacial score (nSPS) is 11.2. The number of benzene rings is 1. The van der Waals surface area contributed by atoms with Gasteiger partial charge < -0.3 is 10.1 Å². The Morgan fingerprint density at radius 1 is 1.24 bits per heavy atom. The second-order valence-electron chi connectivity index (χ2n) is 5.41. The van der Waals surface area contributed by atoms with E-state index in [1.54, 1.807) is 13.8 Å². The molecule has 0 aliphatic rings. The number of nitriles is 1. The fourth-order valence-electron chi connectivity index (χ4n) is 2.32. The smallest absolute Gasteiger partial charge is 0.328 e. The lowest BCUT2D eigenvalue weighted by atomic mass is 10.1. The van der Waals surface area contributed by atoms with Gasteiger partial charge in [0, 0.05) is 6.42 Å². The number of hydrogen-bond donors (Lipinski definition) is 1. The van der Waals surface area contributed by atoms with E-state index in [-0.39, 0.29) is 12.3 Å². The Kier molecular flexibility index (Phi) is 6.24. The maximum absolute atomic E-state index is 12.4. The van der Waals surface area contributed by atoms with Crippen LogP contribution in [0.4, 0.5) is 0 Å². The highest BCUT2D eigenvalue weighted by Crippen LogP contribution is 2.08. The second-order valence-corrected chi connectivity index (χ2v) is 5.41. The SMILES string of the molecule is CCOC(=O)[C@H](Cc1ccccc1)NC(=O)c1ccc(C#N)c(C)n1. The van der Waals surface area contributed by atoms with Crippen LogP contribution in [0.1, 0.15) is 34.2 Å². The number of aryl methyl sites for hydroxylation is 1. The number of carbonyl (C=O) groups is 2. The average molecular weight is 337 g/mol. The molecule has 0 unspecified atom stereocenters. The van der Waals surface area contributed by atoms with Crippen LogP contribution in [0, 0.1) is 18.3 Å². The summed E-state index contributed by atoms with van der Waals surface area (Å²) >= 11 is 0. The number of nitrogens with one attached hydrogen (secondary N) is 1. The molecule has 0 bridgehead atoms. The van der Waals surface area contributed by atoms with Gasteiger partial charge in [-0.3, -0.25) is 4.79 Å². The number of amides is 1. The number of aromatic nitrogens is 1. The van der Waals surface area contributed by atoms with Gasteiger partial charge in [0.25, 0.3) is 5.91 Å². The van der Waals surface area contributed by atoms with Crippen molar-refractivity contribution in [1.29, 1.82) is 5.26 Å². The molecule has 0 saturated carbocycles. The van der Waals surface area contributed by atoms with Crippen LogP contribution in [0.3, 0.4) is 0 Å². The minimum atomic E-state index is -0.812. The van der Waals surface area contributed by atoms with Gasteiger partial charge in [0.2, 0.25) is 0 Å². The average Bonchev–Trinajstić information content (AvgIpc) is 2.62. The van der Waals surface area contributed by atoms with Crippen molar-refractivity contribution in [3.8, 4) is 6.07 Å². The van der Waals surface area contributed by atoms with Crippen molar-refractivity contribution < 1.29 is 14.3 Å². The van der Waals surface area contributed by atoms with Crippen molar-refractivity contribution in [2.24, 2.45) is 0 Å². The third-order valence-electron chi connectivity index (χ3n) is 3.60. The lowest BCUT2D eigenvalue weighted by Crippen LogP contribution is -2.43. The molecule has 1 heterocycles. The number of hydrogen-bond acceptors (Lipinski definition) is 5. The molecular weight excluding hydrogens is 318 g/mol. The largest absolute Gasteiger partial charge is 0.464 e. The van der Waals surface area contributed by atoms with Crippen LogP contribution in [0.15, 0.2) is 42.5 Å². The molecule has 6 heteroatoms. The van der Waals surface area contributed by atoms with E-state index in [0.717, 1.165) is 5.56 Å². The molecule has 25 heavy (non-hydrogen) atoms. The van der Waals surface area contributed by atoms with Gasteiger partial charge in [0.1, 0.15) is 17.8 Å². The van der Waals surface area contributed by atoms with Crippen LogP contribution in [0.2, 0.25) is 0 Å². The topological polar surface area (TPSA) is 92.1 Å². The summed E-state index contributed by atoms with van der Waals surface area (Å²) in [5, 5.41) is 11.6. The van der Waals surface area contributed by atoms with Crippen molar-refractivity contribution in [2.75, 3.05) is 6.61 Å². The Labute approximate surface area is 146 Å². The van der Waals surface area contributed by atoms with Gasteiger partial charge in [-0.05, 0) is 31.5 Å². The first-order chi connectivity index (χ1) is 12.0. The third kappa shape index (κ3) is 4.88. The second kappa shape index (κ2) is 8.60.